The van der Waals surface area contributed by atoms with Gasteiger partial charge in [0.25, 0.3) is 10.0 Å². The zero-order valence-electron chi connectivity index (χ0n) is 11.7. The van der Waals surface area contributed by atoms with E-state index in [4.69, 9.17) is 5.73 Å². The summed E-state index contributed by atoms with van der Waals surface area (Å²) in [7, 11) is -3.99. The summed E-state index contributed by atoms with van der Waals surface area (Å²) in [6.45, 7) is 2.08. The van der Waals surface area contributed by atoms with Crippen LogP contribution >= 0.6 is 0 Å². The van der Waals surface area contributed by atoms with Gasteiger partial charge in [0.05, 0.1) is 11.4 Å². The van der Waals surface area contributed by atoms with Gasteiger partial charge in [-0.2, -0.15) is 0 Å². The second-order valence-corrected chi connectivity index (χ2v) is 6.40. The number of anilines is 2. The van der Waals surface area contributed by atoms with Gasteiger partial charge < -0.3 is 5.73 Å². The minimum absolute atomic E-state index is 0.227. The quantitative estimate of drug-likeness (QED) is 0.864. The molecular formula is C15H17FN2O2S. The molecule has 0 spiro atoms. The van der Waals surface area contributed by atoms with Crippen molar-refractivity contribution in [3.63, 3.8) is 0 Å². The fraction of sp³-hybridized carbons (Fsp3) is 0.200. The first-order valence-corrected chi connectivity index (χ1v) is 8.04. The third-order valence-electron chi connectivity index (χ3n) is 3.04. The van der Waals surface area contributed by atoms with E-state index in [1.165, 1.54) is 18.2 Å². The lowest BCUT2D eigenvalue weighted by Gasteiger charge is -2.25. The Bertz CT molecular complexity index is 732. The second-order valence-electron chi connectivity index (χ2n) is 4.57. The van der Waals surface area contributed by atoms with E-state index in [1.807, 2.05) is 6.92 Å². The number of sulfonamides is 1. The van der Waals surface area contributed by atoms with Crippen LogP contribution in [0.2, 0.25) is 0 Å². The number of nitrogens with two attached hydrogens (primary N) is 1. The number of benzene rings is 2. The van der Waals surface area contributed by atoms with Crippen molar-refractivity contribution in [2.45, 2.75) is 18.2 Å². The molecule has 0 amide bonds. The summed E-state index contributed by atoms with van der Waals surface area (Å²) in [6, 6.07) is 12.0. The molecule has 4 nitrogen and oxygen atoms in total. The summed E-state index contributed by atoms with van der Waals surface area (Å²) in [5.41, 5.74) is 6.57. The van der Waals surface area contributed by atoms with E-state index in [1.54, 1.807) is 24.3 Å². The number of nitrogen functional groups attached to an aromatic ring is 1. The van der Waals surface area contributed by atoms with Gasteiger partial charge >= 0.3 is 0 Å². The van der Waals surface area contributed by atoms with Crippen LogP contribution in [0.4, 0.5) is 15.8 Å². The molecule has 0 aromatic heterocycles. The normalized spacial score (nSPS) is 11.3. The van der Waals surface area contributed by atoms with Crippen LogP contribution in [-0.2, 0) is 10.0 Å². The van der Waals surface area contributed by atoms with Gasteiger partial charge in [0.15, 0.2) is 0 Å². The molecule has 0 bridgehead atoms. The van der Waals surface area contributed by atoms with Crippen LogP contribution in [-0.4, -0.2) is 15.0 Å². The van der Waals surface area contributed by atoms with Crippen LogP contribution in [0, 0.1) is 5.82 Å². The van der Waals surface area contributed by atoms with Crippen molar-refractivity contribution in [1.82, 2.24) is 0 Å². The highest BCUT2D eigenvalue weighted by atomic mass is 32.2. The van der Waals surface area contributed by atoms with Crippen LogP contribution in [0.25, 0.3) is 0 Å². The largest absolute Gasteiger partial charge is 0.397 e. The van der Waals surface area contributed by atoms with Crippen molar-refractivity contribution in [3.8, 4) is 0 Å². The molecule has 0 saturated carbocycles. The maximum atomic E-state index is 13.9. The van der Waals surface area contributed by atoms with Crippen molar-refractivity contribution in [3.05, 3.63) is 54.3 Å². The van der Waals surface area contributed by atoms with Crippen LogP contribution < -0.4 is 10.0 Å². The summed E-state index contributed by atoms with van der Waals surface area (Å²) < 4.78 is 40.5. The standard InChI is InChI=1S/C15H17FN2O2S/c1-2-11-18(14-9-5-4-8-13(14)17)21(19,20)15-10-6-3-7-12(15)16/h3-10H,2,11,17H2,1H3. The summed E-state index contributed by atoms with van der Waals surface area (Å²) in [6.07, 6.45) is 0.585. The highest BCUT2D eigenvalue weighted by Gasteiger charge is 2.28. The number of halogens is 1. The number of rotatable bonds is 5. The van der Waals surface area contributed by atoms with Crippen LogP contribution in [0.1, 0.15) is 13.3 Å². The van der Waals surface area contributed by atoms with Gasteiger partial charge in [-0.15, -0.1) is 0 Å². The van der Waals surface area contributed by atoms with Crippen LogP contribution in [0.3, 0.4) is 0 Å². The Balaban J connectivity index is 2.58. The first-order valence-electron chi connectivity index (χ1n) is 6.60. The SMILES string of the molecule is CCCN(c1ccccc1N)S(=O)(=O)c1ccccc1F. The number of nitrogens with zero attached hydrogens (tertiary/aromatic N) is 1. The fourth-order valence-electron chi connectivity index (χ4n) is 2.06. The molecule has 0 heterocycles. The zero-order chi connectivity index (χ0) is 15.5. The van der Waals surface area contributed by atoms with E-state index in [0.29, 0.717) is 17.8 Å². The molecule has 112 valence electrons. The predicted octanol–water partition coefficient (Wildman–Crippen LogP) is 3.01. The van der Waals surface area contributed by atoms with Crippen molar-refractivity contribution >= 4 is 21.4 Å². The molecule has 0 aliphatic heterocycles. The van der Waals surface area contributed by atoms with Gasteiger partial charge in [-0.25, -0.2) is 12.8 Å². The molecule has 0 unspecified atom stereocenters. The Morgan fingerprint density at radius 1 is 1.10 bits per heavy atom. The van der Waals surface area contributed by atoms with Gasteiger partial charge in [0.2, 0.25) is 0 Å². The molecule has 6 heteroatoms. The zero-order valence-corrected chi connectivity index (χ0v) is 12.5. The number of hydrogen-bond acceptors (Lipinski definition) is 3. The lowest BCUT2D eigenvalue weighted by Crippen LogP contribution is -2.33. The maximum absolute atomic E-state index is 13.9. The Kier molecular flexibility index (Phi) is 4.47. The van der Waals surface area contributed by atoms with E-state index in [-0.39, 0.29) is 11.4 Å². The van der Waals surface area contributed by atoms with Gasteiger partial charge in [-0.3, -0.25) is 4.31 Å². The molecule has 0 aliphatic rings. The second kappa shape index (κ2) is 6.13. The van der Waals surface area contributed by atoms with E-state index >= 15 is 0 Å². The molecule has 0 atom stereocenters. The monoisotopic (exact) mass is 308 g/mol. The molecule has 21 heavy (non-hydrogen) atoms. The lowest BCUT2D eigenvalue weighted by atomic mass is 10.2. The third kappa shape index (κ3) is 3.00. The highest BCUT2D eigenvalue weighted by molar-refractivity contribution is 7.92. The highest BCUT2D eigenvalue weighted by Crippen LogP contribution is 2.29. The fourth-order valence-corrected chi connectivity index (χ4v) is 3.71. The molecule has 0 radical (unpaired) electrons. The molecule has 2 aromatic rings. The average molecular weight is 308 g/mol. The Morgan fingerprint density at radius 2 is 1.71 bits per heavy atom. The predicted molar refractivity (Wildman–Crippen MR) is 82.1 cm³/mol. The third-order valence-corrected chi connectivity index (χ3v) is 4.88. The van der Waals surface area contributed by atoms with Crippen LogP contribution in [0.5, 0.6) is 0 Å². The van der Waals surface area contributed by atoms with Crippen LogP contribution in [0.15, 0.2) is 53.4 Å². The molecule has 0 saturated heterocycles. The molecule has 2 aromatic carbocycles. The van der Waals surface area contributed by atoms with E-state index in [9.17, 15) is 12.8 Å². The van der Waals surface area contributed by atoms with Gasteiger partial charge in [-0.05, 0) is 30.7 Å². The van der Waals surface area contributed by atoms with Crippen molar-refractivity contribution in [2.24, 2.45) is 0 Å². The van der Waals surface area contributed by atoms with Gasteiger partial charge in [0, 0.05) is 6.54 Å². The maximum Gasteiger partial charge on any atom is 0.267 e. The molecule has 0 aliphatic carbocycles. The van der Waals surface area contributed by atoms with Crippen molar-refractivity contribution in [1.29, 1.82) is 0 Å². The average Bonchev–Trinajstić information content (AvgIpc) is 2.46. The summed E-state index contributed by atoms with van der Waals surface area (Å²) in [4.78, 5) is -0.346. The lowest BCUT2D eigenvalue weighted by molar-refractivity contribution is 0.563. The smallest absolute Gasteiger partial charge is 0.267 e. The van der Waals surface area contributed by atoms with Gasteiger partial charge in [0.1, 0.15) is 10.7 Å². The molecule has 2 rings (SSSR count). The Morgan fingerprint density at radius 3 is 2.33 bits per heavy atom. The summed E-state index contributed by atoms with van der Waals surface area (Å²) in [5.74, 6) is -0.770. The Labute approximate surface area is 124 Å². The van der Waals surface area contributed by atoms with E-state index in [0.717, 1.165) is 10.4 Å². The van der Waals surface area contributed by atoms with E-state index < -0.39 is 15.8 Å². The molecule has 2 N–H and O–H groups in total. The number of para-hydroxylation sites is 2. The van der Waals surface area contributed by atoms with Gasteiger partial charge in [-0.1, -0.05) is 31.2 Å². The van der Waals surface area contributed by atoms with Crippen molar-refractivity contribution < 1.29 is 12.8 Å². The first kappa shape index (κ1) is 15.3. The topological polar surface area (TPSA) is 63.4 Å². The summed E-state index contributed by atoms with van der Waals surface area (Å²) in [5, 5.41) is 0. The van der Waals surface area contributed by atoms with E-state index in [2.05, 4.69) is 0 Å². The van der Waals surface area contributed by atoms with Crippen molar-refractivity contribution in [2.75, 3.05) is 16.6 Å². The Hall–Kier alpha value is -2.08. The minimum Gasteiger partial charge on any atom is -0.397 e. The molecular weight excluding hydrogens is 291 g/mol. The minimum atomic E-state index is -3.99. The molecule has 0 fully saturated rings. The number of hydrogen-bond donors (Lipinski definition) is 1. The first-order chi connectivity index (χ1) is 9.98. The summed E-state index contributed by atoms with van der Waals surface area (Å²) >= 11 is 0.